The molecule has 0 N–H and O–H groups in total. The maximum Gasteiger partial charge on any atom is 0.514 e. The Morgan fingerprint density at radius 3 is 2.40 bits per heavy atom. The van der Waals surface area contributed by atoms with E-state index in [0.29, 0.717) is 0 Å². The molecule has 6 nitrogen and oxygen atoms in total. The summed E-state index contributed by atoms with van der Waals surface area (Å²) >= 11 is 0. The van der Waals surface area contributed by atoms with Crippen molar-refractivity contribution in [3.05, 3.63) is 70.3 Å². The minimum Gasteiger partial charge on any atom is -0.429 e. The quantitative estimate of drug-likeness (QED) is 0.369. The van der Waals surface area contributed by atoms with Gasteiger partial charge in [-0.25, -0.2) is 4.79 Å². The standard InChI is InChI=1S/C14H11NO5/c16-14(19-10-11-6-2-1-3-7-11)20-13-9-5-4-8-12(13)15(17)18/h1-9H,10H2. The Bertz CT molecular complexity index is 612. The molecule has 0 radical (unpaired) electrons. The smallest absolute Gasteiger partial charge is 0.429 e. The van der Waals surface area contributed by atoms with Crippen molar-refractivity contribution in [2.75, 3.05) is 0 Å². The Balaban J connectivity index is 1.97. The van der Waals surface area contributed by atoms with Crippen LogP contribution in [0.1, 0.15) is 5.56 Å². The van der Waals surface area contributed by atoms with E-state index < -0.39 is 11.1 Å². The molecule has 0 fully saturated rings. The molecule has 0 aliphatic rings. The number of carbonyl (C=O) groups is 1. The van der Waals surface area contributed by atoms with Gasteiger partial charge in [0.15, 0.2) is 0 Å². The highest BCUT2D eigenvalue weighted by atomic mass is 16.7. The minimum absolute atomic E-state index is 0.0420. The first-order chi connectivity index (χ1) is 9.66. The molecule has 0 saturated carbocycles. The van der Waals surface area contributed by atoms with E-state index in [0.717, 1.165) is 5.56 Å². The second kappa shape index (κ2) is 6.33. The highest BCUT2D eigenvalue weighted by Crippen LogP contribution is 2.26. The number of ether oxygens (including phenoxy) is 2. The van der Waals surface area contributed by atoms with E-state index in [1.165, 1.54) is 24.3 Å². The molecule has 0 bridgehead atoms. The Morgan fingerprint density at radius 1 is 1.05 bits per heavy atom. The number of hydrogen-bond donors (Lipinski definition) is 0. The Labute approximate surface area is 114 Å². The van der Waals surface area contributed by atoms with E-state index in [-0.39, 0.29) is 18.0 Å². The third kappa shape index (κ3) is 3.55. The molecule has 6 heteroatoms. The van der Waals surface area contributed by atoms with Gasteiger partial charge in [-0.3, -0.25) is 10.1 Å². The number of nitrogens with zero attached hydrogens (tertiary/aromatic N) is 1. The molecular weight excluding hydrogens is 262 g/mol. The zero-order valence-electron chi connectivity index (χ0n) is 10.4. The molecular formula is C14H11NO5. The number of benzene rings is 2. The maximum atomic E-state index is 11.5. The van der Waals surface area contributed by atoms with Gasteiger partial charge in [0.05, 0.1) is 4.92 Å². The van der Waals surface area contributed by atoms with Crippen molar-refractivity contribution >= 4 is 11.8 Å². The average Bonchev–Trinajstić information content (AvgIpc) is 2.46. The van der Waals surface area contributed by atoms with Gasteiger partial charge in [-0.15, -0.1) is 0 Å². The van der Waals surface area contributed by atoms with Gasteiger partial charge >= 0.3 is 11.8 Å². The summed E-state index contributed by atoms with van der Waals surface area (Å²) < 4.78 is 9.71. The highest BCUT2D eigenvalue weighted by Gasteiger charge is 2.17. The van der Waals surface area contributed by atoms with E-state index in [1.807, 2.05) is 18.2 Å². The van der Waals surface area contributed by atoms with Crippen LogP contribution in [0.2, 0.25) is 0 Å². The molecule has 102 valence electrons. The van der Waals surface area contributed by atoms with Crippen molar-refractivity contribution in [1.82, 2.24) is 0 Å². The van der Waals surface area contributed by atoms with Gasteiger partial charge < -0.3 is 9.47 Å². The molecule has 0 spiro atoms. The number of rotatable bonds is 4. The Hall–Kier alpha value is -2.89. The predicted octanol–water partition coefficient (Wildman–Crippen LogP) is 3.31. The number of nitro benzene ring substituents is 1. The van der Waals surface area contributed by atoms with Crippen molar-refractivity contribution < 1.29 is 19.2 Å². The molecule has 0 aliphatic carbocycles. The summed E-state index contributed by atoms with van der Waals surface area (Å²) in [5.74, 6) is -0.143. The lowest BCUT2D eigenvalue weighted by Gasteiger charge is -2.06. The SMILES string of the molecule is O=C(OCc1ccccc1)Oc1ccccc1[N+](=O)[O-]. The summed E-state index contributed by atoms with van der Waals surface area (Å²) in [6.07, 6.45) is -0.983. The molecule has 2 aromatic carbocycles. The van der Waals surface area contributed by atoms with Crippen LogP contribution in [-0.2, 0) is 11.3 Å². The van der Waals surface area contributed by atoms with E-state index in [9.17, 15) is 14.9 Å². The van der Waals surface area contributed by atoms with Gasteiger partial charge in [0, 0.05) is 6.07 Å². The molecule has 0 amide bonds. The largest absolute Gasteiger partial charge is 0.514 e. The zero-order chi connectivity index (χ0) is 14.4. The lowest BCUT2D eigenvalue weighted by Crippen LogP contribution is -2.11. The van der Waals surface area contributed by atoms with Gasteiger partial charge in [-0.1, -0.05) is 42.5 Å². The van der Waals surface area contributed by atoms with Gasteiger partial charge in [0.1, 0.15) is 6.61 Å². The number of carbonyl (C=O) groups excluding carboxylic acids is 1. The Morgan fingerprint density at radius 2 is 1.70 bits per heavy atom. The van der Waals surface area contributed by atoms with Gasteiger partial charge in [0.2, 0.25) is 5.75 Å². The van der Waals surface area contributed by atoms with Crippen LogP contribution in [0.15, 0.2) is 54.6 Å². The summed E-state index contributed by atoms with van der Waals surface area (Å²) in [5, 5.41) is 10.8. The number of para-hydroxylation sites is 2. The van der Waals surface area contributed by atoms with Crippen LogP contribution in [-0.4, -0.2) is 11.1 Å². The first-order valence-electron chi connectivity index (χ1n) is 5.79. The van der Waals surface area contributed by atoms with Crippen molar-refractivity contribution in [1.29, 1.82) is 0 Å². The molecule has 0 saturated heterocycles. The fraction of sp³-hybridized carbons (Fsp3) is 0.0714. The fourth-order valence-electron chi connectivity index (χ4n) is 1.53. The monoisotopic (exact) mass is 273 g/mol. The van der Waals surface area contributed by atoms with Crippen molar-refractivity contribution in [2.45, 2.75) is 6.61 Å². The van der Waals surface area contributed by atoms with Crippen LogP contribution in [0.3, 0.4) is 0 Å². The van der Waals surface area contributed by atoms with E-state index >= 15 is 0 Å². The van der Waals surface area contributed by atoms with E-state index in [4.69, 9.17) is 9.47 Å². The first kappa shape index (κ1) is 13.5. The summed E-state index contributed by atoms with van der Waals surface area (Å²) in [6, 6.07) is 14.7. The highest BCUT2D eigenvalue weighted by molar-refractivity contribution is 5.66. The molecule has 20 heavy (non-hydrogen) atoms. The molecule has 0 unspecified atom stereocenters. The van der Waals surface area contributed by atoms with E-state index in [1.54, 1.807) is 12.1 Å². The predicted molar refractivity (Wildman–Crippen MR) is 70.4 cm³/mol. The van der Waals surface area contributed by atoms with Gasteiger partial charge in [-0.05, 0) is 11.6 Å². The maximum absolute atomic E-state index is 11.5. The zero-order valence-corrected chi connectivity index (χ0v) is 10.4. The number of nitro groups is 1. The second-order valence-corrected chi connectivity index (χ2v) is 3.85. The lowest BCUT2D eigenvalue weighted by atomic mass is 10.2. The van der Waals surface area contributed by atoms with Gasteiger partial charge in [-0.2, -0.15) is 0 Å². The summed E-state index contributed by atoms with van der Waals surface area (Å²) in [7, 11) is 0. The summed E-state index contributed by atoms with van der Waals surface area (Å²) in [6.45, 7) is 0.0420. The molecule has 0 aliphatic heterocycles. The normalized spacial score (nSPS) is 9.80. The molecule has 0 aromatic heterocycles. The molecule has 2 aromatic rings. The van der Waals surface area contributed by atoms with Gasteiger partial charge in [0.25, 0.3) is 0 Å². The fourth-order valence-corrected chi connectivity index (χ4v) is 1.53. The topological polar surface area (TPSA) is 78.7 Å². The third-order valence-electron chi connectivity index (χ3n) is 2.45. The van der Waals surface area contributed by atoms with Crippen LogP contribution in [0.4, 0.5) is 10.5 Å². The average molecular weight is 273 g/mol. The van der Waals surface area contributed by atoms with Crippen LogP contribution in [0.25, 0.3) is 0 Å². The third-order valence-corrected chi connectivity index (χ3v) is 2.45. The first-order valence-corrected chi connectivity index (χ1v) is 5.79. The lowest BCUT2D eigenvalue weighted by molar-refractivity contribution is -0.385. The van der Waals surface area contributed by atoms with Crippen molar-refractivity contribution in [2.24, 2.45) is 0 Å². The van der Waals surface area contributed by atoms with Crippen molar-refractivity contribution in [3.63, 3.8) is 0 Å². The minimum atomic E-state index is -0.983. The number of hydrogen-bond acceptors (Lipinski definition) is 5. The van der Waals surface area contributed by atoms with Crippen LogP contribution < -0.4 is 4.74 Å². The molecule has 0 heterocycles. The van der Waals surface area contributed by atoms with E-state index in [2.05, 4.69) is 0 Å². The summed E-state index contributed by atoms with van der Waals surface area (Å²) in [4.78, 5) is 21.6. The van der Waals surface area contributed by atoms with Crippen LogP contribution in [0, 0.1) is 10.1 Å². The molecule has 0 atom stereocenters. The second-order valence-electron chi connectivity index (χ2n) is 3.85. The van der Waals surface area contributed by atoms with Crippen LogP contribution >= 0.6 is 0 Å². The molecule has 2 rings (SSSR count). The van der Waals surface area contributed by atoms with Crippen molar-refractivity contribution in [3.8, 4) is 5.75 Å². The Kier molecular flexibility index (Phi) is 4.28. The summed E-state index contributed by atoms with van der Waals surface area (Å²) in [5.41, 5.74) is 0.510. The van der Waals surface area contributed by atoms with Crippen LogP contribution in [0.5, 0.6) is 5.75 Å².